The first-order valence-electron chi connectivity index (χ1n) is 1.71. The minimum Gasteiger partial charge on any atom is -0.503 e. The molecule has 0 aliphatic carbocycles. The molecule has 1 N–H and O–H groups in total. The molecule has 0 bridgehead atoms. The van der Waals surface area contributed by atoms with Crippen molar-refractivity contribution < 1.29 is 13.9 Å². The van der Waals surface area contributed by atoms with Crippen LogP contribution in [0.5, 0.6) is 5.75 Å². The van der Waals surface area contributed by atoms with Gasteiger partial charge in [-0.05, 0) is 0 Å². The van der Waals surface area contributed by atoms with E-state index >= 15 is 0 Å². The summed E-state index contributed by atoms with van der Waals surface area (Å²) >= 11 is 0. The van der Waals surface area contributed by atoms with Crippen LogP contribution in [-0.2, 0) is 0 Å². The van der Waals surface area contributed by atoms with Crippen LogP contribution < -0.4 is 0 Å². The van der Waals surface area contributed by atoms with Gasteiger partial charge in [0.2, 0.25) is 5.82 Å². The summed E-state index contributed by atoms with van der Waals surface area (Å²) < 4.78 is 16.0. The quantitative estimate of drug-likeness (QED) is 0.532. The zero-order valence-electron chi connectivity index (χ0n) is 3.39. The lowest BCUT2D eigenvalue weighted by Gasteiger charge is -1.72. The zero-order valence-corrected chi connectivity index (χ0v) is 3.39. The molecule has 0 atom stereocenters. The minimum atomic E-state index is -0.722. The van der Waals surface area contributed by atoms with Gasteiger partial charge in [0.25, 0.3) is 0 Å². The maximum Gasteiger partial charge on any atom is 0.202 e. The van der Waals surface area contributed by atoms with E-state index < -0.39 is 11.6 Å². The van der Waals surface area contributed by atoms with E-state index in [1.54, 1.807) is 0 Å². The van der Waals surface area contributed by atoms with Gasteiger partial charge >= 0.3 is 0 Å². The Labute approximate surface area is 39.2 Å². The van der Waals surface area contributed by atoms with E-state index in [-0.39, 0.29) is 0 Å². The fourth-order valence-corrected chi connectivity index (χ4v) is 0.275. The van der Waals surface area contributed by atoms with Crippen molar-refractivity contribution in [1.29, 1.82) is 0 Å². The molecule has 7 heavy (non-hydrogen) atoms. The molecule has 0 aliphatic rings. The second-order valence-corrected chi connectivity index (χ2v) is 1.10. The van der Waals surface area contributed by atoms with Crippen LogP contribution in [0.4, 0.5) is 4.39 Å². The van der Waals surface area contributed by atoms with Gasteiger partial charge in [0.15, 0.2) is 5.75 Å². The van der Waals surface area contributed by atoms with Crippen LogP contribution in [0, 0.1) is 5.82 Å². The Morgan fingerprint density at radius 2 is 2.29 bits per heavy atom. The SMILES string of the molecule is Oc1cocc1F. The van der Waals surface area contributed by atoms with Crippen LogP contribution in [-0.4, -0.2) is 5.11 Å². The number of aromatic hydroxyl groups is 1. The Bertz CT molecular complexity index is 142. The van der Waals surface area contributed by atoms with Crippen LogP contribution in [0.3, 0.4) is 0 Å². The fraction of sp³-hybridized carbons (Fsp3) is 0. The monoisotopic (exact) mass is 102 g/mol. The molecule has 0 amide bonds. The molecule has 1 heterocycles. The van der Waals surface area contributed by atoms with Gasteiger partial charge in [-0.1, -0.05) is 0 Å². The van der Waals surface area contributed by atoms with Gasteiger partial charge in [0, 0.05) is 0 Å². The van der Waals surface area contributed by atoms with Gasteiger partial charge in [-0.25, -0.2) is 0 Å². The molecule has 1 rings (SSSR count). The lowest BCUT2D eigenvalue weighted by Crippen LogP contribution is -1.58. The van der Waals surface area contributed by atoms with E-state index in [1.807, 2.05) is 0 Å². The molecule has 2 nitrogen and oxygen atoms in total. The molecule has 0 fully saturated rings. The topological polar surface area (TPSA) is 33.4 Å². The van der Waals surface area contributed by atoms with E-state index in [0.29, 0.717) is 0 Å². The van der Waals surface area contributed by atoms with E-state index in [4.69, 9.17) is 5.11 Å². The van der Waals surface area contributed by atoms with Gasteiger partial charge in [0.1, 0.15) is 12.5 Å². The highest BCUT2D eigenvalue weighted by Gasteiger charge is 1.97. The molecular weight excluding hydrogens is 99.0 g/mol. The molecule has 0 aromatic carbocycles. The van der Waals surface area contributed by atoms with E-state index in [1.165, 1.54) is 0 Å². The molecule has 3 heteroatoms. The zero-order chi connectivity index (χ0) is 5.28. The second kappa shape index (κ2) is 1.26. The highest BCUT2D eigenvalue weighted by Crippen LogP contribution is 2.13. The highest BCUT2D eigenvalue weighted by molar-refractivity contribution is 5.12. The fourth-order valence-electron chi connectivity index (χ4n) is 0.275. The summed E-state index contributed by atoms with van der Waals surface area (Å²) in [7, 11) is 0. The van der Waals surface area contributed by atoms with Crippen LogP contribution in [0.1, 0.15) is 0 Å². The summed E-state index contributed by atoms with van der Waals surface area (Å²) in [5, 5.41) is 8.29. The first-order chi connectivity index (χ1) is 3.30. The van der Waals surface area contributed by atoms with Crippen molar-refractivity contribution >= 4 is 0 Å². The Balaban J connectivity index is 3.12. The lowest BCUT2D eigenvalue weighted by atomic mass is 10.6. The number of rotatable bonds is 0. The second-order valence-electron chi connectivity index (χ2n) is 1.10. The maximum atomic E-state index is 11.7. The molecular formula is C4H3FO2. The Morgan fingerprint density at radius 1 is 1.57 bits per heavy atom. The number of furan rings is 1. The first-order valence-corrected chi connectivity index (χ1v) is 1.71. The smallest absolute Gasteiger partial charge is 0.202 e. The summed E-state index contributed by atoms with van der Waals surface area (Å²) in [4.78, 5) is 0. The van der Waals surface area contributed by atoms with Crippen molar-refractivity contribution in [2.75, 3.05) is 0 Å². The Kier molecular flexibility index (Phi) is 0.749. The minimum absolute atomic E-state index is 0.444. The Hall–Kier alpha value is -0.990. The largest absolute Gasteiger partial charge is 0.503 e. The van der Waals surface area contributed by atoms with Crippen molar-refractivity contribution in [2.45, 2.75) is 0 Å². The maximum absolute atomic E-state index is 11.7. The molecule has 0 saturated carbocycles. The highest BCUT2D eigenvalue weighted by atomic mass is 19.1. The molecule has 0 aliphatic heterocycles. The van der Waals surface area contributed by atoms with Crippen LogP contribution >= 0.6 is 0 Å². The lowest BCUT2D eigenvalue weighted by molar-refractivity contribution is 0.434. The summed E-state index contributed by atoms with van der Waals surface area (Å²) in [6.07, 6.45) is 1.75. The standard InChI is InChI=1S/C4H3FO2/c5-3-1-7-2-4(3)6/h1-2,6H. The third-order valence-corrected chi connectivity index (χ3v) is 0.596. The molecule has 0 unspecified atom stereocenters. The summed E-state index contributed by atoms with van der Waals surface area (Å²) in [5.41, 5.74) is 0. The van der Waals surface area contributed by atoms with Gasteiger partial charge in [-0.2, -0.15) is 4.39 Å². The number of hydrogen-bond donors (Lipinski definition) is 1. The summed E-state index contributed by atoms with van der Waals surface area (Å²) in [5.74, 6) is -1.17. The van der Waals surface area contributed by atoms with E-state index in [0.717, 1.165) is 12.5 Å². The third-order valence-electron chi connectivity index (χ3n) is 0.596. The average molecular weight is 102 g/mol. The molecule has 0 radical (unpaired) electrons. The van der Waals surface area contributed by atoms with Crippen molar-refractivity contribution in [3.63, 3.8) is 0 Å². The average Bonchev–Trinajstić information content (AvgIpc) is 1.91. The first kappa shape index (κ1) is 4.18. The van der Waals surface area contributed by atoms with Gasteiger partial charge < -0.3 is 9.52 Å². The van der Waals surface area contributed by atoms with Crippen molar-refractivity contribution in [1.82, 2.24) is 0 Å². The van der Waals surface area contributed by atoms with Gasteiger partial charge in [-0.15, -0.1) is 0 Å². The van der Waals surface area contributed by atoms with Crippen molar-refractivity contribution in [3.05, 3.63) is 18.3 Å². The number of halogens is 1. The predicted octanol–water partition coefficient (Wildman–Crippen LogP) is 1.12. The van der Waals surface area contributed by atoms with Crippen LogP contribution in [0.25, 0.3) is 0 Å². The van der Waals surface area contributed by atoms with Crippen LogP contribution in [0.2, 0.25) is 0 Å². The van der Waals surface area contributed by atoms with Gasteiger partial charge in [-0.3, -0.25) is 0 Å². The van der Waals surface area contributed by atoms with Crippen molar-refractivity contribution in [2.24, 2.45) is 0 Å². The molecule has 1 aromatic rings. The summed E-state index contributed by atoms with van der Waals surface area (Å²) in [6.45, 7) is 0. The van der Waals surface area contributed by atoms with Crippen LogP contribution in [0.15, 0.2) is 16.9 Å². The normalized spacial score (nSPS) is 9.29. The third kappa shape index (κ3) is 0.559. The Morgan fingerprint density at radius 3 is 2.43 bits per heavy atom. The van der Waals surface area contributed by atoms with Crippen molar-refractivity contribution in [3.8, 4) is 5.75 Å². The van der Waals surface area contributed by atoms with Gasteiger partial charge in [0.05, 0.1) is 0 Å². The molecule has 0 spiro atoms. The molecule has 1 aromatic heterocycles. The summed E-state index contributed by atoms with van der Waals surface area (Å²) in [6, 6.07) is 0. The van der Waals surface area contributed by atoms with E-state index in [9.17, 15) is 4.39 Å². The molecule has 38 valence electrons. The van der Waals surface area contributed by atoms with E-state index in [2.05, 4.69) is 4.42 Å². The number of hydrogen-bond acceptors (Lipinski definition) is 2. The molecule has 0 saturated heterocycles. The predicted molar refractivity (Wildman–Crippen MR) is 20.3 cm³/mol.